The van der Waals surface area contributed by atoms with Crippen LogP contribution in [0.4, 0.5) is 0 Å². The lowest BCUT2D eigenvalue weighted by Crippen LogP contribution is -2.48. The molecule has 4 aliphatic rings. The van der Waals surface area contributed by atoms with Crippen molar-refractivity contribution < 1.29 is 9.53 Å². The molecule has 4 atom stereocenters. The Kier molecular flexibility index (Phi) is 2.31. The highest BCUT2D eigenvalue weighted by Crippen LogP contribution is 2.43. The van der Waals surface area contributed by atoms with E-state index in [4.69, 9.17) is 4.74 Å². The minimum Gasteiger partial charge on any atom is -0.373 e. The van der Waals surface area contributed by atoms with Gasteiger partial charge in [0.15, 0.2) is 0 Å². The molecule has 1 spiro atoms. The van der Waals surface area contributed by atoms with Crippen LogP contribution in [-0.2, 0) is 9.53 Å². The van der Waals surface area contributed by atoms with E-state index in [0.717, 1.165) is 25.7 Å². The fraction of sp³-hybridized carbons (Fsp3) is 0.929. The Labute approximate surface area is 108 Å². The maximum absolute atomic E-state index is 12.8. The molecule has 2 bridgehead atoms. The van der Waals surface area contributed by atoms with E-state index in [0.29, 0.717) is 24.2 Å². The third kappa shape index (κ3) is 1.36. The predicted octanol–water partition coefficient (Wildman–Crippen LogP) is 1.40. The van der Waals surface area contributed by atoms with Gasteiger partial charge < -0.3 is 9.64 Å². The number of hydrogen-bond acceptors (Lipinski definition) is 3. The number of nitrogens with zero attached hydrogens (tertiary/aromatic N) is 1. The van der Waals surface area contributed by atoms with Crippen LogP contribution < -0.4 is 5.32 Å². The molecule has 3 saturated heterocycles. The average molecular weight is 250 g/mol. The van der Waals surface area contributed by atoms with Crippen molar-refractivity contribution in [1.82, 2.24) is 10.2 Å². The predicted molar refractivity (Wildman–Crippen MR) is 66.9 cm³/mol. The van der Waals surface area contributed by atoms with E-state index in [1.807, 2.05) is 0 Å². The summed E-state index contributed by atoms with van der Waals surface area (Å²) < 4.78 is 5.92. The summed E-state index contributed by atoms with van der Waals surface area (Å²) in [6.45, 7) is 2.14. The number of carbonyl (C=O) groups is 1. The van der Waals surface area contributed by atoms with Gasteiger partial charge in [-0.15, -0.1) is 0 Å². The molecule has 4 heteroatoms. The summed E-state index contributed by atoms with van der Waals surface area (Å²) >= 11 is 0. The number of nitrogens with one attached hydrogen (secondary N) is 1. The maximum Gasteiger partial charge on any atom is 0.244 e. The lowest BCUT2D eigenvalue weighted by atomic mass is 9.92. The van der Waals surface area contributed by atoms with Gasteiger partial charge in [-0.2, -0.15) is 0 Å². The SMILES string of the molecule is CC1NC2(CCCC2)C(=O)N1C1CC2CCC1O2. The number of amides is 1. The van der Waals surface area contributed by atoms with Crippen molar-refractivity contribution in [2.75, 3.05) is 0 Å². The van der Waals surface area contributed by atoms with Gasteiger partial charge >= 0.3 is 0 Å². The zero-order valence-electron chi connectivity index (χ0n) is 11.0. The molecule has 1 amide bonds. The summed E-state index contributed by atoms with van der Waals surface area (Å²) in [5.74, 6) is 0.355. The normalized spacial score (nSPS) is 45.6. The fourth-order valence-corrected chi connectivity index (χ4v) is 4.63. The van der Waals surface area contributed by atoms with Gasteiger partial charge in [0.2, 0.25) is 5.91 Å². The molecule has 3 aliphatic heterocycles. The van der Waals surface area contributed by atoms with Crippen molar-refractivity contribution >= 4 is 5.91 Å². The molecule has 4 nitrogen and oxygen atoms in total. The second kappa shape index (κ2) is 3.70. The molecule has 4 fully saturated rings. The van der Waals surface area contributed by atoms with Crippen molar-refractivity contribution in [3.8, 4) is 0 Å². The third-order valence-electron chi connectivity index (χ3n) is 5.43. The highest BCUT2D eigenvalue weighted by atomic mass is 16.5. The standard InChI is InChI=1S/C14H22N2O2/c1-9-15-14(6-2-3-7-14)13(17)16(9)11-8-10-4-5-12(11)18-10/h9-12,15H,2-8H2,1H3. The quantitative estimate of drug-likeness (QED) is 0.765. The minimum atomic E-state index is -0.221. The first-order valence-electron chi connectivity index (χ1n) is 7.45. The van der Waals surface area contributed by atoms with Crippen molar-refractivity contribution in [3.05, 3.63) is 0 Å². The molecule has 100 valence electrons. The van der Waals surface area contributed by atoms with E-state index in [-0.39, 0.29) is 11.7 Å². The molecule has 4 rings (SSSR count). The Hall–Kier alpha value is -0.610. The van der Waals surface area contributed by atoms with Gasteiger partial charge in [-0.3, -0.25) is 10.1 Å². The van der Waals surface area contributed by atoms with Crippen molar-refractivity contribution in [2.45, 2.75) is 81.8 Å². The topological polar surface area (TPSA) is 41.6 Å². The molecule has 18 heavy (non-hydrogen) atoms. The first-order chi connectivity index (χ1) is 8.70. The summed E-state index contributed by atoms with van der Waals surface area (Å²) in [5, 5.41) is 3.59. The molecular weight excluding hydrogens is 228 g/mol. The van der Waals surface area contributed by atoms with Crippen LogP contribution in [0.2, 0.25) is 0 Å². The summed E-state index contributed by atoms with van der Waals surface area (Å²) in [6, 6.07) is 0.332. The Morgan fingerprint density at radius 1 is 1.33 bits per heavy atom. The van der Waals surface area contributed by atoms with Crippen molar-refractivity contribution in [3.63, 3.8) is 0 Å². The van der Waals surface area contributed by atoms with Crippen LogP contribution in [0, 0.1) is 0 Å². The monoisotopic (exact) mass is 250 g/mol. The number of hydrogen-bond donors (Lipinski definition) is 1. The van der Waals surface area contributed by atoms with Gasteiger partial charge in [0.1, 0.15) is 0 Å². The molecule has 1 saturated carbocycles. The summed E-state index contributed by atoms with van der Waals surface area (Å²) in [6.07, 6.45) is 8.71. The van der Waals surface area contributed by atoms with E-state index in [9.17, 15) is 4.79 Å². The van der Waals surface area contributed by atoms with Gasteiger partial charge in [0, 0.05) is 0 Å². The van der Waals surface area contributed by atoms with Crippen LogP contribution in [-0.4, -0.2) is 40.8 Å². The minimum absolute atomic E-state index is 0.184. The van der Waals surface area contributed by atoms with Crippen LogP contribution in [0.5, 0.6) is 0 Å². The Morgan fingerprint density at radius 3 is 2.72 bits per heavy atom. The second-order valence-electron chi connectivity index (χ2n) is 6.50. The van der Waals surface area contributed by atoms with Crippen LogP contribution in [0.15, 0.2) is 0 Å². The number of carbonyl (C=O) groups excluding carboxylic acids is 1. The highest BCUT2D eigenvalue weighted by molar-refractivity contribution is 5.89. The van der Waals surface area contributed by atoms with Crippen molar-refractivity contribution in [2.24, 2.45) is 0 Å². The van der Waals surface area contributed by atoms with Gasteiger partial charge in [-0.25, -0.2) is 0 Å². The van der Waals surface area contributed by atoms with Crippen LogP contribution >= 0.6 is 0 Å². The molecule has 1 N–H and O–H groups in total. The molecule has 3 heterocycles. The molecule has 0 radical (unpaired) electrons. The summed E-state index contributed by atoms with van der Waals surface area (Å²) in [4.78, 5) is 14.9. The Balaban J connectivity index is 1.60. The molecule has 0 aromatic heterocycles. The largest absolute Gasteiger partial charge is 0.373 e. The average Bonchev–Trinajstić information content (AvgIpc) is 3.06. The molecule has 4 unspecified atom stereocenters. The van der Waals surface area contributed by atoms with Crippen molar-refractivity contribution in [1.29, 1.82) is 0 Å². The van der Waals surface area contributed by atoms with Crippen LogP contribution in [0.25, 0.3) is 0 Å². The van der Waals surface area contributed by atoms with E-state index in [1.165, 1.54) is 19.3 Å². The lowest BCUT2D eigenvalue weighted by molar-refractivity contribution is -0.136. The van der Waals surface area contributed by atoms with Gasteiger partial charge in [0.05, 0.1) is 30.0 Å². The Bertz CT molecular complexity index is 378. The van der Waals surface area contributed by atoms with Crippen LogP contribution in [0.1, 0.15) is 51.9 Å². The molecule has 0 aromatic rings. The summed E-state index contributed by atoms with van der Waals surface area (Å²) in [7, 11) is 0. The zero-order chi connectivity index (χ0) is 12.3. The van der Waals surface area contributed by atoms with E-state index in [2.05, 4.69) is 17.1 Å². The van der Waals surface area contributed by atoms with Gasteiger partial charge in [-0.1, -0.05) is 12.8 Å². The number of rotatable bonds is 1. The number of fused-ring (bicyclic) bond motifs is 2. The lowest BCUT2D eigenvalue weighted by Gasteiger charge is -2.32. The van der Waals surface area contributed by atoms with E-state index >= 15 is 0 Å². The molecular formula is C14H22N2O2. The fourth-order valence-electron chi connectivity index (χ4n) is 4.63. The number of ether oxygens (including phenoxy) is 1. The van der Waals surface area contributed by atoms with Gasteiger partial charge in [-0.05, 0) is 39.0 Å². The highest BCUT2D eigenvalue weighted by Gasteiger charge is 2.56. The van der Waals surface area contributed by atoms with Gasteiger partial charge in [0.25, 0.3) is 0 Å². The maximum atomic E-state index is 12.8. The zero-order valence-corrected chi connectivity index (χ0v) is 11.0. The first kappa shape index (κ1) is 11.2. The smallest absolute Gasteiger partial charge is 0.244 e. The van der Waals surface area contributed by atoms with Crippen LogP contribution in [0.3, 0.4) is 0 Å². The van der Waals surface area contributed by atoms with E-state index in [1.54, 1.807) is 0 Å². The molecule has 1 aliphatic carbocycles. The van der Waals surface area contributed by atoms with E-state index < -0.39 is 0 Å². The summed E-state index contributed by atoms with van der Waals surface area (Å²) in [5.41, 5.74) is -0.221. The Morgan fingerprint density at radius 2 is 2.11 bits per heavy atom. The third-order valence-corrected chi connectivity index (χ3v) is 5.43. The first-order valence-corrected chi connectivity index (χ1v) is 7.45. The molecule has 0 aromatic carbocycles. The second-order valence-corrected chi connectivity index (χ2v) is 6.50.